The lowest BCUT2D eigenvalue weighted by molar-refractivity contribution is -0.384. The third-order valence-corrected chi connectivity index (χ3v) is 6.07. The van der Waals surface area contributed by atoms with E-state index in [1.54, 1.807) is 6.07 Å². The maximum atomic E-state index is 11.8. The lowest BCUT2D eigenvalue weighted by Crippen LogP contribution is -2.50. The third-order valence-electron chi connectivity index (χ3n) is 6.07. The summed E-state index contributed by atoms with van der Waals surface area (Å²) in [5, 5.41) is 15.3. The van der Waals surface area contributed by atoms with Crippen molar-refractivity contribution in [2.75, 3.05) is 36.9 Å². The molecule has 160 valence electrons. The fraction of sp³-hybridized carbons (Fsp3) is 0.280. The van der Waals surface area contributed by atoms with Crippen molar-refractivity contribution in [2.24, 2.45) is 0 Å². The summed E-state index contributed by atoms with van der Waals surface area (Å²) in [5.74, 6) is 0. The van der Waals surface area contributed by atoms with Crippen LogP contribution in [-0.2, 0) is 0 Å². The van der Waals surface area contributed by atoms with E-state index in [2.05, 4.69) is 29.1 Å². The fourth-order valence-electron chi connectivity index (χ4n) is 4.08. The summed E-state index contributed by atoms with van der Waals surface area (Å²) in [6.45, 7) is 4.97. The van der Waals surface area contributed by atoms with E-state index >= 15 is 0 Å². The Balaban J connectivity index is 1.71. The number of anilines is 2. The first kappa shape index (κ1) is 20.9. The van der Waals surface area contributed by atoms with E-state index in [-0.39, 0.29) is 16.7 Å². The molecule has 0 radical (unpaired) electrons. The second-order valence-electron chi connectivity index (χ2n) is 8.13. The zero-order chi connectivity index (χ0) is 21.8. The predicted molar refractivity (Wildman–Crippen MR) is 126 cm³/mol. The molecule has 1 heterocycles. The molecule has 1 aliphatic rings. The first-order chi connectivity index (χ1) is 15.0. The molecule has 1 N–H and O–H groups in total. The van der Waals surface area contributed by atoms with Crippen LogP contribution in [0.4, 0.5) is 17.1 Å². The first-order valence-electron chi connectivity index (χ1n) is 10.6. The molecule has 6 heteroatoms. The highest BCUT2D eigenvalue weighted by Crippen LogP contribution is 2.35. The molecular formula is C25H28N4O2. The number of nitro benzene ring substituents is 1. The third kappa shape index (κ3) is 4.70. The van der Waals surface area contributed by atoms with Gasteiger partial charge in [-0.05, 0) is 37.2 Å². The lowest BCUT2D eigenvalue weighted by Gasteiger charge is -2.39. The minimum atomic E-state index is -0.314. The van der Waals surface area contributed by atoms with Crippen molar-refractivity contribution in [3.05, 3.63) is 100 Å². The number of nitro groups is 1. The molecule has 1 fully saturated rings. The monoisotopic (exact) mass is 416 g/mol. The Labute approximate surface area is 183 Å². The van der Waals surface area contributed by atoms with Crippen molar-refractivity contribution in [3.8, 4) is 0 Å². The van der Waals surface area contributed by atoms with Crippen LogP contribution in [0.25, 0.3) is 0 Å². The SMILES string of the molecule is CC1CN(c2ccc([N+](=O)[O-])c(NC(c3ccccc3)c3ccccc3)c2)CCN1C. The van der Waals surface area contributed by atoms with E-state index in [0.717, 1.165) is 36.4 Å². The van der Waals surface area contributed by atoms with Crippen LogP contribution in [0.1, 0.15) is 24.1 Å². The van der Waals surface area contributed by atoms with Crippen LogP contribution in [0.3, 0.4) is 0 Å². The van der Waals surface area contributed by atoms with Gasteiger partial charge in [0, 0.05) is 37.4 Å². The Bertz CT molecular complexity index is 987. The lowest BCUT2D eigenvalue weighted by atomic mass is 9.98. The molecule has 0 aromatic heterocycles. The second-order valence-corrected chi connectivity index (χ2v) is 8.13. The van der Waals surface area contributed by atoms with Crippen LogP contribution in [-0.4, -0.2) is 42.5 Å². The van der Waals surface area contributed by atoms with E-state index in [9.17, 15) is 10.1 Å². The Morgan fingerprint density at radius 1 is 0.968 bits per heavy atom. The number of nitrogens with zero attached hydrogens (tertiary/aromatic N) is 3. The molecule has 3 aromatic rings. The first-order valence-corrected chi connectivity index (χ1v) is 10.6. The molecule has 1 unspecified atom stereocenters. The zero-order valence-corrected chi connectivity index (χ0v) is 17.9. The topological polar surface area (TPSA) is 61.6 Å². The normalized spacial score (nSPS) is 17.0. The van der Waals surface area contributed by atoms with Crippen LogP contribution >= 0.6 is 0 Å². The molecular weight excluding hydrogens is 388 g/mol. The average molecular weight is 417 g/mol. The summed E-state index contributed by atoms with van der Waals surface area (Å²) in [6.07, 6.45) is 0. The van der Waals surface area contributed by atoms with Crippen LogP contribution in [0.15, 0.2) is 78.9 Å². The molecule has 31 heavy (non-hydrogen) atoms. The molecule has 1 atom stereocenters. The van der Waals surface area contributed by atoms with Gasteiger partial charge in [-0.3, -0.25) is 10.1 Å². The minimum absolute atomic E-state index is 0.0859. The summed E-state index contributed by atoms with van der Waals surface area (Å²) < 4.78 is 0. The molecule has 0 saturated carbocycles. The Kier molecular flexibility index (Phi) is 6.18. The van der Waals surface area contributed by atoms with Gasteiger partial charge in [0.15, 0.2) is 0 Å². The Hall–Kier alpha value is -3.38. The summed E-state index contributed by atoms with van der Waals surface area (Å²) in [5.41, 5.74) is 3.74. The highest BCUT2D eigenvalue weighted by Gasteiger charge is 2.24. The summed E-state index contributed by atoms with van der Waals surface area (Å²) in [6, 6.07) is 25.7. The van der Waals surface area contributed by atoms with Crippen molar-refractivity contribution in [1.29, 1.82) is 0 Å². The van der Waals surface area contributed by atoms with Crippen LogP contribution in [0.2, 0.25) is 0 Å². The van der Waals surface area contributed by atoms with Gasteiger partial charge < -0.3 is 15.1 Å². The number of benzene rings is 3. The van der Waals surface area contributed by atoms with E-state index in [1.807, 2.05) is 72.8 Å². The maximum Gasteiger partial charge on any atom is 0.292 e. The number of likely N-dealkylation sites (N-methyl/N-ethyl adjacent to an activating group) is 1. The highest BCUT2D eigenvalue weighted by molar-refractivity contribution is 5.70. The van der Waals surface area contributed by atoms with Gasteiger partial charge in [-0.15, -0.1) is 0 Å². The van der Waals surface area contributed by atoms with Crippen LogP contribution < -0.4 is 10.2 Å². The smallest absolute Gasteiger partial charge is 0.292 e. The molecule has 0 spiro atoms. The summed E-state index contributed by atoms with van der Waals surface area (Å²) >= 11 is 0. The summed E-state index contributed by atoms with van der Waals surface area (Å²) in [4.78, 5) is 16.1. The fourth-order valence-corrected chi connectivity index (χ4v) is 4.08. The van der Waals surface area contributed by atoms with Gasteiger partial charge in [0.25, 0.3) is 5.69 Å². The van der Waals surface area contributed by atoms with Gasteiger partial charge in [-0.2, -0.15) is 0 Å². The number of piperazine rings is 1. The van der Waals surface area contributed by atoms with Gasteiger partial charge in [0.05, 0.1) is 11.0 Å². The molecule has 3 aromatic carbocycles. The van der Waals surface area contributed by atoms with Crippen molar-refractivity contribution in [1.82, 2.24) is 4.90 Å². The van der Waals surface area contributed by atoms with Crippen molar-refractivity contribution < 1.29 is 4.92 Å². The van der Waals surface area contributed by atoms with E-state index < -0.39 is 0 Å². The molecule has 4 rings (SSSR count). The number of hydrogen-bond donors (Lipinski definition) is 1. The van der Waals surface area contributed by atoms with Gasteiger partial charge in [-0.1, -0.05) is 60.7 Å². The van der Waals surface area contributed by atoms with Crippen LogP contribution in [0.5, 0.6) is 0 Å². The highest BCUT2D eigenvalue weighted by atomic mass is 16.6. The van der Waals surface area contributed by atoms with Gasteiger partial charge in [-0.25, -0.2) is 0 Å². The molecule has 1 saturated heterocycles. The second kappa shape index (κ2) is 9.18. The Morgan fingerprint density at radius 3 is 2.13 bits per heavy atom. The largest absolute Gasteiger partial charge is 0.369 e. The molecule has 0 bridgehead atoms. The van der Waals surface area contributed by atoms with E-state index in [1.165, 1.54) is 0 Å². The van der Waals surface area contributed by atoms with E-state index in [0.29, 0.717) is 11.7 Å². The predicted octanol–water partition coefficient (Wildman–Crippen LogP) is 4.94. The quantitative estimate of drug-likeness (QED) is 0.456. The number of hydrogen-bond acceptors (Lipinski definition) is 5. The Morgan fingerprint density at radius 2 is 1.58 bits per heavy atom. The van der Waals surface area contributed by atoms with Gasteiger partial charge >= 0.3 is 0 Å². The minimum Gasteiger partial charge on any atom is -0.369 e. The number of rotatable bonds is 6. The molecule has 6 nitrogen and oxygen atoms in total. The maximum absolute atomic E-state index is 11.8. The van der Waals surface area contributed by atoms with Crippen molar-refractivity contribution >= 4 is 17.1 Å². The average Bonchev–Trinajstić information content (AvgIpc) is 2.80. The molecule has 0 amide bonds. The van der Waals surface area contributed by atoms with Crippen LogP contribution in [0, 0.1) is 10.1 Å². The molecule has 1 aliphatic heterocycles. The standard InChI is InChI=1S/C25H28N4O2/c1-19-18-28(16-15-27(19)2)22-13-14-24(29(30)31)23(17-22)26-25(20-9-5-3-6-10-20)21-11-7-4-8-12-21/h3-14,17,19,25-26H,15-16,18H2,1-2H3. The number of nitrogens with one attached hydrogen (secondary N) is 1. The van der Waals surface area contributed by atoms with Gasteiger partial charge in [0.1, 0.15) is 5.69 Å². The summed E-state index contributed by atoms with van der Waals surface area (Å²) in [7, 11) is 2.13. The van der Waals surface area contributed by atoms with Crippen molar-refractivity contribution in [3.63, 3.8) is 0 Å². The van der Waals surface area contributed by atoms with Gasteiger partial charge in [0.2, 0.25) is 0 Å². The zero-order valence-electron chi connectivity index (χ0n) is 17.9. The van der Waals surface area contributed by atoms with E-state index in [4.69, 9.17) is 0 Å². The molecule has 0 aliphatic carbocycles. The van der Waals surface area contributed by atoms with Crippen molar-refractivity contribution in [2.45, 2.75) is 19.0 Å².